The summed E-state index contributed by atoms with van der Waals surface area (Å²) in [4.78, 5) is 16.2. The van der Waals surface area contributed by atoms with Gasteiger partial charge in [-0.2, -0.15) is 0 Å². The Hall–Kier alpha value is -2.55. The number of aromatic nitrogens is 1. The number of H-pyrrole nitrogens is 1. The molecule has 2 N–H and O–H groups in total. The van der Waals surface area contributed by atoms with E-state index in [1.165, 1.54) is 29.5 Å². The van der Waals surface area contributed by atoms with Crippen molar-refractivity contribution in [1.82, 2.24) is 10.3 Å². The van der Waals surface area contributed by atoms with Crippen LogP contribution < -0.4 is 5.32 Å². The van der Waals surface area contributed by atoms with Gasteiger partial charge in [0, 0.05) is 22.2 Å². The first-order chi connectivity index (χ1) is 11.7. The molecule has 0 fully saturated rings. The maximum atomic E-state index is 12.6. The highest BCUT2D eigenvalue weighted by atomic mass is 16.1. The predicted octanol–water partition coefficient (Wildman–Crippen LogP) is 4.54. The van der Waals surface area contributed by atoms with Crippen molar-refractivity contribution in [3.63, 3.8) is 0 Å². The lowest BCUT2D eigenvalue weighted by Gasteiger charge is -2.14. The minimum atomic E-state index is -0.0148. The first-order valence-corrected chi connectivity index (χ1v) is 8.71. The van der Waals surface area contributed by atoms with Crippen LogP contribution in [0.5, 0.6) is 0 Å². The predicted molar refractivity (Wildman–Crippen MR) is 97.3 cm³/mol. The summed E-state index contributed by atoms with van der Waals surface area (Å²) < 4.78 is 0. The highest BCUT2D eigenvalue weighted by Crippen LogP contribution is 2.29. The number of hydrogen-bond acceptors (Lipinski definition) is 1. The Bertz CT molecular complexity index is 879. The van der Waals surface area contributed by atoms with Crippen LogP contribution >= 0.6 is 0 Å². The van der Waals surface area contributed by atoms with E-state index in [0.717, 1.165) is 29.5 Å². The summed E-state index contributed by atoms with van der Waals surface area (Å²) in [6.45, 7) is 2.02. The van der Waals surface area contributed by atoms with E-state index in [1.54, 1.807) is 0 Å². The highest BCUT2D eigenvalue weighted by molar-refractivity contribution is 5.99. The van der Waals surface area contributed by atoms with Gasteiger partial charge < -0.3 is 10.3 Å². The normalized spacial score (nSPS) is 15.0. The summed E-state index contributed by atoms with van der Waals surface area (Å²) in [5.74, 6) is -0.0148. The molecule has 4 rings (SSSR count). The van der Waals surface area contributed by atoms with Gasteiger partial charge >= 0.3 is 0 Å². The molecule has 1 atom stereocenters. The van der Waals surface area contributed by atoms with E-state index in [4.69, 9.17) is 0 Å². The van der Waals surface area contributed by atoms with Crippen LogP contribution in [0.15, 0.2) is 48.5 Å². The molecule has 0 radical (unpaired) electrons. The number of carbonyl (C=O) groups is 1. The van der Waals surface area contributed by atoms with E-state index in [2.05, 4.69) is 10.3 Å². The summed E-state index contributed by atoms with van der Waals surface area (Å²) >= 11 is 0. The fraction of sp³-hybridized carbons (Fsp3) is 0.286. The number of benzene rings is 2. The molecular weight excluding hydrogens is 296 g/mol. The topological polar surface area (TPSA) is 44.9 Å². The van der Waals surface area contributed by atoms with Gasteiger partial charge in [-0.05, 0) is 61.9 Å². The third-order valence-corrected chi connectivity index (χ3v) is 5.01. The van der Waals surface area contributed by atoms with Crippen molar-refractivity contribution in [1.29, 1.82) is 0 Å². The molecule has 3 heteroatoms. The zero-order valence-corrected chi connectivity index (χ0v) is 13.9. The van der Waals surface area contributed by atoms with Gasteiger partial charge in [0.05, 0.1) is 6.04 Å². The van der Waals surface area contributed by atoms with Gasteiger partial charge in [-0.15, -0.1) is 0 Å². The number of rotatable bonds is 3. The summed E-state index contributed by atoms with van der Waals surface area (Å²) in [6, 6.07) is 16.0. The van der Waals surface area contributed by atoms with Crippen molar-refractivity contribution in [3.8, 4) is 0 Å². The summed E-state index contributed by atoms with van der Waals surface area (Å²) in [5.41, 5.74) is 5.76. The Kier molecular flexibility index (Phi) is 3.85. The van der Waals surface area contributed by atoms with Crippen LogP contribution in [0.25, 0.3) is 10.9 Å². The van der Waals surface area contributed by atoms with E-state index in [-0.39, 0.29) is 11.9 Å². The van der Waals surface area contributed by atoms with Gasteiger partial charge in [0.15, 0.2) is 0 Å². The maximum Gasteiger partial charge on any atom is 0.251 e. The molecule has 24 heavy (non-hydrogen) atoms. The largest absolute Gasteiger partial charge is 0.358 e. The van der Waals surface area contributed by atoms with Crippen molar-refractivity contribution >= 4 is 16.8 Å². The lowest BCUT2D eigenvalue weighted by Crippen LogP contribution is -2.26. The first-order valence-electron chi connectivity index (χ1n) is 8.71. The molecule has 122 valence electrons. The Balaban J connectivity index is 1.60. The third kappa shape index (κ3) is 2.71. The molecule has 3 aromatic rings. The van der Waals surface area contributed by atoms with Crippen molar-refractivity contribution in [2.45, 2.75) is 38.6 Å². The molecule has 1 heterocycles. The molecule has 1 amide bonds. The van der Waals surface area contributed by atoms with Gasteiger partial charge in [0.25, 0.3) is 5.91 Å². The zero-order valence-electron chi connectivity index (χ0n) is 13.9. The summed E-state index contributed by atoms with van der Waals surface area (Å²) in [7, 11) is 0. The van der Waals surface area contributed by atoms with Crippen LogP contribution in [0.2, 0.25) is 0 Å². The van der Waals surface area contributed by atoms with Crippen molar-refractivity contribution < 1.29 is 4.79 Å². The molecule has 0 spiro atoms. The second kappa shape index (κ2) is 6.16. The lowest BCUT2D eigenvalue weighted by molar-refractivity contribution is 0.0940. The number of nitrogens with one attached hydrogen (secondary N) is 2. The minimum Gasteiger partial charge on any atom is -0.358 e. The van der Waals surface area contributed by atoms with E-state index >= 15 is 0 Å². The van der Waals surface area contributed by atoms with Crippen LogP contribution in [0.3, 0.4) is 0 Å². The first kappa shape index (κ1) is 15.0. The second-order valence-corrected chi connectivity index (χ2v) is 6.66. The van der Waals surface area contributed by atoms with Crippen molar-refractivity contribution in [2.75, 3.05) is 0 Å². The van der Waals surface area contributed by atoms with Crippen molar-refractivity contribution in [3.05, 3.63) is 70.9 Å². The van der Waals surface area contributed by atoms with Gasteiger partial charge in [-0.3, -0.25) is 4.79 Å². The minimum absolute atomic E-state index is 0.00506. The SMILES string of the molecule is C[C@H](NC(=O)c1ccc2[nH]c3c(c2c1)CCCC3)c1ccccc1. The Labute approximate surface area is 142 Å². The van der Waals surface area contributed by atoms with Gasteiger partial charge in [-0.1, -0.05) is 30.3 Å². The monoisotopic (exact) mass is 318 g/mol. The average Bonchev–Trinajstić information content (AvgIpc) is 3.00. The molecule has 2 aromatic carbocycles. The second-order valence-electron chi connectivity index (χ2n) is 6.66. The molecule has 1 aromatic heterocycles. The van der Waals surface area contributed by atoms with Crippen LogP contribution in [-0.2, 0) is 12.8 Å². The molecule has 1 aliphatic carbocycles. The number of carbonyl (C=O) groups excluding carboxylic acids is 1. The fourth-order valence-electron chi connectivity index (χ4n) is 3.65. The maximum absolute atomic E-state index is 12.6. The number of aryl methyl sites for hydroxylation is 2. The highest BCUT2D eigenvalue weighted by Gasteiger charge is 2.17. The quantitative estimate of drug-likeness (QED) is 0.732. The summed E-state index contributed by atoms with van der Waals surface area (Å²) in [5, 5.41) is 4.31. The number of fused-ring (bicyclic) bond motifs is 3. The van der Waals surface area contributed by atoms with E-state index < -0.39 is 0 Å². The van der Waals surface area contributed by atoms with Crippen molar-refractivity contribution in [2.24, 2.45) is 0 Å². The number of aromatic amines is 1. The number of hydrogen-bond donors (Lipinski definition) is 2. The standard InChI is InChI=1S/C21H22N2O/c1-14(15-7-3-2-4-8-15)22-21(24)16-11-12-20-18(13-16)17-9-5-6-10-19(17)23-20/h2-4,7-8,11-14,23H,5-6,9-10H2,1H3,(H,22,24)/t14-/m0/s1. The van der Waals surface area contributed by atoms with Crippen LogP contribution in [-0.4, -0.2) is 10.9 Å². The van der Waals surface area contributed by atoms with Crippen LogP contribution in [0.1, 0.15) is 53.0 Å². The Morgan fingerprint density at radius 1 is 1.08 bits per heavy atom. The molecule has 0 unspecified atom stereocenters. The molecule has 0 saturated heterocycles. The van der Waals surface area contributed by atoms with E-state index in [1.807, 2.05) is 55.5 Å². The fourth-order valence-corrected chi connectivity index (χ4v) is 3.65. The van der Waals surface area contributed by atoms with Crippen LogP contribution in [0.4, 0.5) is 0 Å². The van der Waals surface area contributed by atoms with Gasteiger partial charge in [0.2, 0.25) is 0 Å². The Morgan fingerprint density at radius 2 is 1.88 bits per heavy atom. The molecule has 0 saturated carbocycles. The number of amides is 1. The molecule has 3 nitrogen and oxygen atoms in total. The molecule has 0 bridgehead atoms. The van der Waals surface area contributed by atoms with Gasteiger partial charge in [-0.25, -0.2) is 0 Å². The van der Waals surface area contributed by atoms with E-state index in [9.17, 15) is 4.79 Å². The molecular formula is C21H22N2O. The third-order valence-electron chi connectivity index (χ3n) is 5.01. The lowest BCUT2D eigenvalue weighted by atomic mass is 9.95. The molecule has 1 aliphatic rings. The zero-order chi connectivity index (χ0) is 16.5. The Morgan fingerprint density at radius 3 is 2.71 bits per heavy atom. The average molecular weight is 318 g/mol. The van der Waals surface area contributed by atoms with E-state index in [0.29, 0.717) is 0 Å². The van der Waals surface area contributed by atoms with Crippen LogP contribution in [0, 0.1) is 0 Å². The summed E-state index contributed by atoms with van der Waals surface area (Å²) in [6.07, 6.45) is 4.72. The van der Waals surface area contributed by atoms with Gasteiger partial charge in [0.1, 0.15) is 0 Å². The molecule has 0 aliphatic heterocycles. The smallest absolute Gasteiger partial charge is 0.251 e.